The number of carbonyl (C=O) groups is 4. The Kier molecular flexibility index (Phi) is 12.0. The lowest BCUT2D eigenvalue weighted by molar-refractivity contribution is -0.160. The number of aliphatic hydroxyl groups excluding tert-OH is 1. The van der Waals surface area contributed by atoms with Crippen molar-refractivity contribution in [2.75, 3.05) is 38.3 Å². The average Bonchev–Trinajstić information content (AvgIpc) is 3.71. The van der Waals surface area contributed by atoms with Crippen LogP contribution in [0.2, 0.25) is 0 Å². The first-order valence-electron chi connectivity index (χ1n) is 16.6. The minimum atomic E-state index is -1.30. The van der Waals surface area contributed by atoms with E-state index < -0.39 is 41.7 Å². The molecule has 1 unspecified atom stereocenters. The number of anilines is 1. The number of hydrogen-bond donors (Lipinski definition) is 2. The minimum Gasteiger partial charge on any atom is -0.497 e. The summed E-state index contributed by atoms with van der Waals surface area (Å²) < 4.78 is 18.1. The number of unbranched alkanes of at least 4 members (excludes halogenated alkanes) is 1. The Bertz CT molecular complexity index is 1520. The zero-order valence-corrected chi connectivity index (χ0v) is 29.3. The van der Waals surface area contributed by atoms with Crippen molar-refractivity contribution in [3.63, 3.8) is 0 Å². The summed E-state index contributed by atoms with van der Waals surface area (Å²) in [6.07, 6.45) is 3.72. The summed E-state index contributed by atoms with van der Waals surface area (Å²) in [7, 11) is 1.56. The van der Waals surface area contributed by atoms with Gasteiger partial charge in [-0.2, -0.15) is 0 Å². The highest BCUT2D eigenvalue weighted by molar-refractivity contribution is 9.09. The number of benzene rings is 2. The van der Waals surface area contributed by atoms with Crippen molar-refractivity contribution < 1.29 is 38.5 Å². The number of hydrogen-bond acceptors (Lipinski definition) is 8. The van der Waals surface area contributed by atoms with E-state index in [1.807, 2.05) is 30.3 Å². The third-order valence-corrected chi connectivity index (χ3v) is 10.4. The van der Waals surface area contributed by atoms with Crippen LogP contribution in [0, 0.1) is 11.8 Å². The van der Waals surface area contributed by atoms with Crippen molar-refractivity contribution >= 4 is 45.3 Å². The lowest BCUT2D eigenvalue weighted by Gasteiger charge is -2.37. The van der Waals surface area contributed by atoms with Crippen molar-refractivity contribution in [3.05, 3.63) is 85.5 Å². The summed E-state index contributed by atoms with van der Waals surface area (Å²) >= 11 is 3.71. The van der Waals surface area contributed by atoms with E-state index in [4.69, 9.17) is 14.2 Å². The molecule has 2 bridgehead atoms. The zero-order chi connectivity index (χ0) is 35.1. The maximum Gasteiger partial charge on any atom is 0.313 e. The lowest BCUT2D eigenvalue weighted by atomic mass is 9.70. The van der Waals surface area contributed by atoms with Crippen molar-refractivity contribution in [1.29, 1.82) is 0 Å². The number of ether oxygens (including phenoxy) is 3. The molecule has 5 rings (SSSR count). The molecule has 262 valence electrons. The molecule has 7 atom stereocenters. The Labute approximate surface area is 295 Å². The molecular formula is C37H44BrN3O8. The van der Waals surface area contributed by atoms with Gasteiger partial charge >= 0.3 is 5.97 Å². The highest BCUT2D eigenvalue weighted by Gasteiger charge is 2.77. The molecule has 2 aromatic rings. The predicted octanol–water partition coefficient (Wildman–Crippen LogP) is 4.10. The molecule has 3 heterocycles. The minimum absolute atomic E-state index is 0.0399. The second-order valence-electron chi connectivity index (χ2n) is 12.5. The zero-order valence-electron chi connectivity index (χ0n) is 27.7. The van der Waals surface area contributed by atoms with E-state index in [2.05, 4.69) is 34.4 Å². The molecule has 3 aliphatic heterocycles. The molecule has 0 aromatic heterocycles. The largest absolute Gasteiger partial charge is 0.497 e. The third-order valence-electron chi connectivity index (χ3n) is 9.55. The second kappa shape index (κ2) is 16.1. The van der Waals surface area contributed by atoms with Gasteiger partial charge in [-0.05, 0) is 55.5 Å². The maximum absolute atomic E-state index is 14.7. The van der Waals surface area contributed by atoms with Gasteiger partial charge in [0.15, 0.2) is 0 Å². The van der Waals surface area contributed by atoms with Gasteiger partial charge in [-0.25, -0.2) is 0 Å². The number of halogens is 1. The van der Waals surface area contributed by atoms with Crippen LogP contribution in [-0.2, 0) is 28.7 Å². The fraction of sp³-hybridized carbons (Fsp3) is 0.459. The van der Waals surface area contributed by atoms with Gasteiger partial charge in [0.25, 0.3) is 5.91 Å². The number of allylic oxidation sites excluding steroid dienone is 1. The summed E-state index contributed by atoms with van der Waals surface area (Å²) in [5.41, 5.74) is -0.0266. The molecule has 3 amide bonds. The van der Waals surface area contributed by atoms with Crippen LogP contribution in [0.4, 0.5) is 5.69 Å². The summed E-state index contributed by atoms with van der Waals surface area (Å²) in [5, 5.41) is 12.4. The van der Waals surface area contributed by atoms with Gasteiger partial charge in [0, 0.05) is 36.6 Å². The lowest BCUT2D eigenvalue weighted by Crippen LogP contribution is -2.57. The van der Waals surface area contributed by atoms with E-state index in [1.165, 1.54) is 4.90 Å². The standard InChI is InChI=1S/C37H44BrN3O8/c1-4-6-14-29(43)39-23-28(24-12-8-7-9-13-24)48-36(46)30-31-34(44)41(20-10-11-21-42)33(37(31)22-27(38)32(30)49-37)35(45)40(19-5-2)25-15-17-26(47-3)18-16-25/h4-5,7-9,12-13,15-18,27-28,30-33,42H,1-2,6,10-11,14,19-23H2,3H3,(H,39,43)/t27?,28-,30-,31+,32-,33-,37+/m0/s1. The van der Waals surface area contributed by atoms with Gasteiger partial charge in [0.05, 0.1) is 31.6 Å². The van der Waals surface area contributed by atoms with E-state index in [0.29, 0.717) is 42.7 Å². The van der Waals surface area contributed by atoms with E-state index in [9.17, 15) is 24.3 Å². The van der Waals surface area contributed by atoms with Crippen LogP contribution < -0.4 is 15.0 Å². The molecule has 2 aromatic carbocycles. The van der Waals surface area contributed by atoms with Crippen molar-refractivity contribution in [2.24, 2.45) is 11.8 Å². The van der Waals surface area contributed by atoms with E-state index in [-0.39, 0.29) is 55.2 Å². The highest BCUT2D eigenvalue weighted by Crippen LogP contribution is 2.60. The fourth-order valence-electron chi connectivity index (χ4n) is 7.32. The van der Waals surface area contributed by atoms with Crippen molar-refractivity contribution in [3.8, 4) is 5.75 Å². The SMILES string of the molecule is C=CCCC(=O)NC[C@H](OC(=O)[C@@H]1[C@H]2O[C@@]3(CC2Br)[C@H](C(=O)N(CC=C)c2ccc(OC)cc2)N(CCCCO)C(=O)[C@@H]13)c1ccccc1. The first kappa shape index (κ1) is 36.3. The highest BCUT2D eigenvalue weighted by atomic mass is 79.9. The third kappa shape index (κ3) is 7.32. The molecule has 1 spiro atoms. The Hall–Kier alpha value is -4.00. The molecule has 3 fully saturated rings. The maximum atomic E-state index is 14.7. The molecular weight excluding hydrogens is 694 g/mol. The summed E-state index contributed by atoms with van der Waals surface area (Å²) in [5.74, 6) is -2.90. The predicted molar refractivity (Wildman–Crippen MR) is 187 cm³/mol. The van der Waals surface area contributed by atoms with Gasteiger partial charge in [0.1, 0.15) is 23.5 Å². The Morgan fingerprint density at radius 2 is 1.88 bits per heavy atom. The summed E-state index contributed by atoms with van der Waals surface area (Å²) in [6.45, 7) is 7.86. The Balaban J connectivity index is 1.47. The van der Waals surface area contributed by atoms with Crippen molar-refractivity contribution in [1.82, 2.24) is 10.2 Å². The number of rotatable bonds is 17. The Morgan fingerprint density at radius 1 is 1.14 bits per heavy atom. The number of methoxy groups -OCH3 is 1. The van der Waals surface area contributed by atoms with Crippen molar-refractivity contribution in [2.45, 2.75) is 60.8 Å². The number of alkyl halides is 1. The molecule has 11 nitrogen and oxygen atoms in total. The van der Waals surface area contributed by atoms with Gasteiger partial charge in [-0.15, -0.1) is 13.2 Å². The van der Waals surface area contributed by atoms with Gasteiger partial charge in [-0.3, -0.25) is 19.2 Å². The van der Waals surface area contributed by atoms with Crippen LogP contribution in [0.3, 0.4) is 0 Å². The van der Waals surface area contributed by atoms with E-state index in [0.717, 1.165) is 0 Å². The van der Waals surface area contributed by atoms with Crippen LogP contribution in [0.15, 0.2) is 79.9 Å². The Morgan fingerprint density at radius 3 is 2.53 bits per heavy atom. The fourth-order valence-corrected chi connectivity index (χ4v) is 8.26. The van der Waals surface area contributed by atoms with Crippen LogP contribution in [0.1, 0.15) is 43.8 Å². The van der Waals surface area contributed by atoms with E-state index >= 15 is 0 Å². The smallest absolute Gasteiger partial charge is 0.313 e. The van der Waals surface area contributed by atoms with E-state index in [1.54, 1.807) is 48.4 Å². The number of amides is 3. The van der Waals surface area contributed by atoms with Crippen LogP contribution >= 0.6 is 15.9 Å². The number of nitrogens with one attached hydrogen (secondary N) is 1. The molecule has 2 N–H and O–H groups in total. The van der Waals surface area contributed by atoms with Crippen LogP contribution in [0.5, 0.6) is 5.75 Å². The normalized spacial score (nSPS) is 25.7. The second-order valence-corrected chi connectivity index (χ2v) is 13.7. The summed E-state index contributed by atoms with van der Waals surface area (Å²) in [4.78, 5) is 58.7. The number of aliphatic hydroxyl groups is 1. The molecule has 3 saturated heterocycles. The average molecular weight is 739 g/mol. The first-order chi connectivity index (χ1) is 23.7. The molecule has 0 radical (unpaired) electrons. The van der Waals surface area contributed by atoms with Gasteiger partial charge in [-0.1, -0.05) is 58.4 Å². The number of likely N-dealkylation sites (tertiary alicyclic amines) is 1. The monoisotopic (exact) mass is 737 g/mol. The molecule has 12 heteroatoms. The quantitative estimate of drug-likeness (QED) is 0.107. The van der Waals surface area contributed by atoms with Crippen LogP contribution in [0.25, 0.3) is 0 Å². The molecule has 49 heavy (non-hydrogen) atoms. The topological polar surface area (TPSA) is 135 Å². The molecule has 3 aliphatic rings. The molecule has 0 aliphatic carbocycles. The number of carbonyl (C=O) groups excluding carboxylic acids is 4. The van der Waals surface area contributed by atoms with Gasteiger partial charge < -0.3 is 34.4 Å². The molecule has 0 saturated carbocycles. The summed E-state index contributed by atoms with van der Waals surface area (Å²) in [6, 6.07) is 15.1. The van der Waals surface area contributed by atoms with Gasteiger partial charge in [0.2, 0.25) is 11.8 Å². The van der Waals surface area contributed by atoms with Crippen LogP contribution in [-0.4, -0.2) is 89.6 Å². The number of fused-ring (bicyclic) bond motifs is 1. The number of esters is 1. The number of nitrogens with zero attached hydrogens (tertiary/aromatic N) is 2. The first-order valence-corrected chi connectivity index (χ1v) is 17.5.